The van der Waals surface area contributed by atoms with Crippen molar-refractivity contribution in [1.29, 1.82) is 0 Å². The third kappa shape index (κ3) is 4.75. The third-order valence-electron chi connectivity index (χ3n) is 4.89. The van der Waals surface area contributed by atoms with Crippen LogP contribution in [-0.2, 0) is 16.0 Å². The van der Waals surface area contributed by atoms with E-state index < -0.39 is 28.7 Å². The Morgan fingerprint density at radius 3 is 2.66 bits per heavy atom. The summed E-state index contributed by atoms with van der Waals surface area (Å²) in [7, 11) is 0. The molecule has 4 rings (SSSR count). The van der Waals surface area contributed by atoms with E-state index in [0.29, 0.717) is 17.1 Å². The van der Waals surface area contributed by atoms with Crippen LogP contribution in [0, 0.1) is 11.6 Å². The van der Waals surface area contributed by atoms with Gasteiger partial charge < -0.3 is 14.8 Å². The highest BCUT2D eigenvalue weighted by molar-refractivity contribution is 8.18. The van der Waals surface area contributed by atoms with Crippen molar-refractivity contribution in [2.75, 3.05) is 19.9 Å². The maximum absolute atomic E-state index is 13.6. The Bertz CT molecular complexity index is 1100. The summed E-state index contributed by atoms with van der Waals surface area (Å²) in [6, 6.07) is 8.71. The number of hydrogen-bond donors (Lipinski definition) is 1. The van der Waals surface area contributed by atoms with Crippen LogP contribution in [0.3, 0.4) is 0 Å². The van der Waals surface area contributed by atoms with Crippen molar-refractivity contribution in [2.45, 2.75) is 12.8 Å². The molecule has 1 saturated heterocycles. The lowest BCUT2D eigenvalue weighted by Gasteiger charge is -2.13. The second kappa shape index (κ2) is 9.39. The molecular weight excluding hydrogens is 442 g/mol. The Kier molecular flexibility index (Phi) is 6.40. The van der Waals surface area contributed by atoms with E-state index in [-0.39, 0.29) is 43.2 Å². The number of rotatable bonds is 7. The van der Waals surface area contributed by atoms with Crippen LogP contribution in [0.1, 0.15) is 17.5 Å². The number of benzene rings is 2. The molecule has 2 heterocycles. The van der Waals surface area contributed by atoms with Crippen molar-refractivity contribution >= 4 is 34.9 Å². The highest BCUT2D eigenvalue weighted by Crippen LogP contribution is 2.36. The Labute approximate surface area is 186 Å². The molecule has 0 saturated carbocycles. The average Bonchev–Trinajstić information content (AvgIpc) is 3.32. The van der Waals surface area contributed by atoms with Gasteiger partial charge >= 0.3 is 0 Å². The molecule has 10 heteroatoms. The molecule has 0 atom stereocenters. The Hall–Kier alpha value is -3.40. The predicted molar refractivity (Wildman–Crippen MR) is 113 cm³/mol. The van der Waals surface area contributed by atoms with E-state index in [2.05, 4.69) is 5.32 Å². The van der Waals surface area contributed by atoms with Crippen LogP contribution in [0.4, 0.5) is 13.6 Å². The van der Waals surface area contributed by atoms with E-state index in [1.165, 1.54) is 6.07 Å². The molecule has 2 aromatic carbocycles. The molecule has 0 aliphatic carbocycles. The number of halogens is 2. The van der Waals surface area contributed by atoms with Crippen LogP contribution in [-0.4, -0.2) is 41.8 Å². The van der Waals surface area contributed by atoms with Gasteiger partial charge in [0.2, 0.25) is 12.7 Å². The Balaban J connectivity index is 1.29. The van der Waals surface area contributed by atoms with Gasteiger partial charge in [-0.15, -0.1) is 0 Å². The van der Waals surface area contributed by atoms with E-state index in [0.717, 1.165) is 28.8 Å². The van der Waals surface area contributed by atoms with Gasteiger partial charge in [-0.2, -0.15) is 0 Å². The van der Waals surface area contributed by atoms with Gasteiger partial charge in [-0.1, -0.05) is 12.1 Å². The van der Waals surface area contributed by atoms with Crippen molar-refractivity contribution < 1.29 is 32.6 Å². The molecule has 32 heavy (non-hydrogen) atoms. The van der Waals surface area contributed by atoms with Crippen LogP contribution in [0.25, 0.3) is 6.08 Å². The minimum atomic E-state index is -0.704. The number of nitrogens with one attached hydrogen (secondary N) is 1. The molecule has 7 nitrogen and oxygen atoms in total. The number of nitrogens with zero attached hydrogens (tertiary/aromatic N) is 1. The first-order valence-electron chi connectivity index (χ1n) is 9.77. The Morgan fingerprint density at radius 2 is 1.88 bits per heavy atom. The molecule has 0 unspecified atom stereocenters. The summed E-state index contributed by atoms with van der Waals surface area (Å²) >= 11 is 0.810. The lowest BCUT2D eigenvalue weighted by atomic mass is 10.1. The van der Waals surface area contributed by atoms with E-state index in [4.69, 9.17) is 9.47 Å². The van der Waals surface area contributed by atoms with Gasteiger partial charge in [0.25, 0.3) is 11.1 Å². The van der Waals surface area contributed by atoms with Gasteiger partial charge in [-0.05, 0) is 54.1 Å². The fourth-order valence-electron chi connectivity index (χ4n) is 3.25. The van der Waals surface area contributed by atoms with Crippen molar-refractivity contribution in [3.8, 4) is 11.5 Å². The monoisotopic (exact) mass is 460 g/mol. The lowest BCUT2D eigenvalue weighted by Crippen LogP contribution is -2.37. The molecule has 0 bridgehead atoms. The van der Waals surface area contributed by atoms with Gasteiger partial charge in [0.1, 0.15) is 11.6 Å². The minimum absolute atomic E-state index is 0.0110. The molecule has 2 aliphatic heterocycles. The van der Waals surface area contributed by atoms with Crippen molar-refractivity contribution in [3.63, 3.8) is 0 Å². The molecule has 0 spiro atoms. The summed E-state index contributed by atoms with van der Waals surface area (Å²) < 4.78 is 37.8. The topological polar surface area (TPSA) is 84.9 Å². The predicted octanol–water partition coefficient (Wildman–Crippen LogP) is 3.48. The lowest BCUT2D eigenvalue weighted by molar-refractivity contribution is -0.124. The largest absolute Gasteiger partial charge is 0.454 e. The van der Waals surface area contributed by atoms with Gasteiger partial charge in [0, 0.05) is 25.1 Å². The number of fused-ring (bicyclic) bond motifs is 1. The van der Waals surface area contributed by atoms with E-state index in [1.807, 2.05) is 0 Å². The summed E-state index contributed by atoms with van der Waals surface area (Å²) in [5.41, 5.74) is 0.538. The molecule has 2 aromatic rings. The van der Waals surface area contributed by atoms with Crippen LogP contribution in [0.5, 0.6) is 11.5 Å². The van der Waals surface area contributed by atoms with E-state index >= 15 is 0 Å². The molecule has 3 amide bonds. The molecule has 0 radical (unpaired) electrons. The highest BCUT2D eigenvalue weighted by Gasteiger charge is 2.34. The quantitative estimate of drug-likeness (QED) is 0.637. The van der Waals surface area contributed by atoms with Crippen LogP contribution in [0.15, 0.2) is 41.3 Å². The smallest absolute Gasteiger partial charge is 0.293 e. The summed E-state index contributed by atoms with van der Waals surface area (Å²) in [6.07, 6.45) is 1.38. The van der Waals surface area contributed by atoms with Gasteiger partial charge in [-0.25, -0.2) is 8.78 Å². The zero-order valence-electron chi connectivity index (χ0n) is 16.7. The first-order chi connectivity index (χ1) is 15.4. The normalized spacial score (nSPS) is 16.2. The van der Waals surface area contributed by atoms with Gasteiger partial charge in [0.15, 0.2) is 11.5 Å². The average molecular weight is 460 g/mol. The summed E-state index contributed by atoms with van der Waals surface area (Å²) in [5.74, 6) is -1.12. The number of thioether (sulfide) groups is 1. The van der Waals surface area contributed by atoms with Gasteiger partial charge in [0.05, 0.1) is 4.91 Å². The van der Waals surface area contributed by atoms with Gasteiger partial charge in [-0.3, -0.25) is 19.3 Å². The number of ether oxygens (including phenoxy) is 2. The highest BCUT2D eigenvalue weighted by atomic mass is 32.2. The summed E-state index contributed by atoms with van der Waals surface area (Å²) in [6.45, 7) is 0.160. The van der Waals surface area contributed by atoms with Crippen LogP contribution in [0.2, 0.25) is 0 Å². The van der Waals surface area contributed by atoms with Crippen molar-refractivity contribution in [3.05, 3.63) is 64.1 Å². The summed E-state index contributed by atoms with van der Waals surface area (Å²) in [4.78, 5) is 38.1. The molecule has 2 aliphatic rings. The third-order valence-corrected chi connectivity index (χ3v) is 5.80. The first-order valence-corrected chi connectivity index (χ1v) is 10.6. The number of carbonyl (C=O) groups excluding carboxylic acids is 3. The minimum Gasteiger partial charge on any atom is -0.454 e. The SMILES string of the molecule is O=C(CCc1c(F)cccc1F)NCCN1C(=O)S/C(=C/c2ccc3c(c2)OCO3)C1=O. The second-order valence-corrected chi connectivity index (χ2v) is 7.99. The zero-order chi connectivity index (χ0) is 22.7. The maximum atomic E-state index is 13.6. The molecule has 1 fully saturated rings. The summed E-state index contributed by atoms with van der Waals surface area (Å²) in [5, 5.41) is 2.12. The fourth-order valence-corrected chi connectivity index (χ4v) is 4.12. The van der Waals surface area contributed by atoms with Crippen LogP contribution >= 0.6 is 11.8 Å². The number of amides is 3. The van der Waals surface area contributed by atoms with E-state index in [1.54, 1.807) is 24.3 Å². The number of hydrogen-bond acceptors (Lipinski definition) is 6. The zero-order valence-corrected chi connectivity index (χ0v) is 17.5. The number of imide groups is 1. The van der Waals surface area contributed by atoms with E-state index in [9.17, 15) is 23.2 Å². The van der Waals surface area contributed by atoms with Crippen molar-refractivity contribution in [1.82, 2.24) is 10.2 Å². The molecule has 166 valence electrons. The van der Waals surface area contributed by atoms with Crippen LogP contribution < -0.4 is 14.8 Å². The molecule has 0 aromatic heterocycles. The number of carbonyl (C=O) groups is 3. The first kappa shape index (κ1) is 21.8. The molecule has 1 N–H and O–H groups in total. The fraction of sp³-hybridized carbons (Fsp3) is 0.227. The maximum Gasteiger partial charge on any atom is 0.293 e. The Morgan fingerprint density at radius 1 is 1.12 bits per heavy atom. The van der Waals surface area contributed by atoms with Crippen molar-refractivity contribution in [2.24, 2.45) is 0 Å². The standard InChI is InChI=1S/C22H18F2N2O5S/c23-15-2-1-3-16(24)14(15)5-7-20(27)25-8-9-26-21(28)19(32-22(26)29)11-13-4-6-17-18(10-13)31-12-30-17/h1-4,6,10-11H,5,7-9,12H2,(H,25,27)/b19-11+. The second-order valence-electron chi connectivity index (χ2n) is 7.00. The molecular formula is C22H18F2N2O5S.